The molecule has 8 heteroatoms. The van der Waals surface area contributed by atoms with E-state index >= 15 is 0 Å². The molecule has 1 aromatic heterocycles. The summed E-state index contributed by atoms with van der Waals surface area (Å²) in [6, 6.07) is 3.22. The molecule has 0 bridgehead atoms. The van der Waals surface area contributed by atoms with Crippen LogP contribution in [0.2, 0.25) is 0 Å². The summed E-state index contributed by atoms with van der Waals surface area (Å²) in [6.07, 6.45) is -3.29. The first-order chi connectivity index (χ1) is 9.71. The first kappa shape index (κ1) is 15.3. The van der Waals surface area contributed by atoms with E-state index in [1.165, 1.54) is 6.20 Å². The zero-order valence-corrected chi connectivity index (χ0v) is 11.1. The SMILES string of the molecule is Cc1cccnc1C(=O)N1C[C@@H](C(F)(F)F)[C@H](C(=O)O)C1. The highest BCUT2D eigenvalue weighted by Gasteiger charge is 2.53. The maximum Gasteiger partial charge on any atom is 0.394 e. The molecule has 1 amide bonds. The molecule has 0 aliphatic carbocycles. The summed E-state index contributed by atoms with van der Waals surface area (Å²) in [7, 11) is 0. The molecular formula is C13H13F3N2O3. The Bertz CT molecular complexity index is 574. The smallest absolute Gasteiger partial charge is 0.394 e. The lowest BCUT2D eigenvalue weighted by molar-refractivity contribution is -0.187. The number of pyridine rings is 1. The van der Waals surface area contributed by atoms with Crippen molar-refractivity contribution < 1.29 is 27.9 Å². The van der Waals surface area contributed by atoms with Gasteiger partial charge in [0, 0.05) is 19.3 Å². The third-order valence-electron chi connectivity index (χ3n) is 3.56. The van der Waals surface area contributed by atoms with Crippen LogP contribution in [0.25, 0.3) is 0 Å². The van der Waals surface area contributed by atoms with Crippen molar-refractivity contribution in [3.63, 3.8) is 0 Å². The number of halogens is 3. The van der Waals surface area contributed by atoms with Crippen LogP contribution in [0.5, 0.6) is 0 Å². The second kappa shape index (κ2) is 5.34. The number of amides is 1. The number of hydrogen-bond donors (Lipinski definition) is 1. The molecule has 5 nitrogen and oxygen atoms in total. The van der Waals surface area contributed by atoms with E-state index in [0.717, 1.165) is 4.90 Å². The van der Waals surface area contributed by atoms with Gasteiger partial charge in [0.25, 0.3) is 5.91 Å². The monoisotopic (exact) mass is 302 g/mol. The van der Waals surface area contributed by atoms with Crippen LogP contribution in [0.3, 0.4) is 0 Å². The lowest BCUT2D eigenvalue weighted by atomic mass is 9.96. The molecule has 2 atom stereocenters. The minimum absolute atomic E-state index is 0.0458. The quantitative estimate of drug-likeness (QED) is 0.903. The van der Waals surface area contributed by atoms with Gasteiger partial charge in [0.2, 0.25) is 0 Å². The fraction of sp³-hybridized carbons (Fsp3) is 0.462. The van der Waals surface area contributed by atoms with Crippen molar-refractivity contribution in [1.82, 2.24) is 9.88 Å². The topological polar surface area (TPSA) is 70.5 Å². The summed E-state index contributed by atoms with van der Waals surface area (Å²) in [5.74, 6) is -5.92. The molecule has 0 unspecified atom stereocenters. The van der Waals surface area contributed by atoms with Crippen LogP contribution in [0.15, 0.2) is 18.3 Å². The fourth-order valence-corrected chi connectivity index (χ4v) is 2.41. The van der Waals surface area contributed by atoms with Gasteiger partial charge in [-0.1, -0.05) is 6.07 Å². The summed E-state index contributed by atoms with van der Waals surface area (Å²) in [6.45, 7) is 0.496. The van der Waals surface area contributed by atoms with Gasteiger partial charge in [0.1, 0.15) is 5.69 Å². The highest BCUT2D eigenvalue weighted by atomic mass is 19.4. The van der Waals surface area contributed by atoms with Gasteiger partial charge in [0.05, 0.1) is 11.8 Å². The summed E-state index contributed by atoms with van der Waals surface area (Å²) >= 11 is 0. The van der Waals surface area contributed by atoms with E-state index in [9.17, 15) is 22.8 Å². The van der Waals surface area contributed by atoms with Crippen molar-refractivity contribution in [2.24, 2.45) is 11.8 Å². The summed E-state index contributed by atoms with van der Waals surface area (Å²) in [5, 5.41) is 8.92. The number of likely N-dealkylation sites (tertiary alicyclic amines) is 1. The van der Waals surface area contributed by atoms with E-state index < -0.39 is 43.0 Å². The number of alkyl halides is 3. The normalized spacial score (nSPS) is 22.4. The summed E-state index contributed by atoms with van der Waals surface area (Å²) < 4.78 is 38.6. The first-order valence-electron chi connectivity index (χ1n) is 6.22. The zero-order chi connectivity index (χ0) is 15.8. The molecule has 0 spiro atoms. The van der Waals surface area contributed by atoms with E-state index in [0.29, 0.717) is 5.56 Å². The van der Waals surface area contributed by atoms with Crippen LogP contribution in [0.1, 0.15) is 16.1 Å². The van der Waals surface area contributed by atoms with Gasteiger partial charge in [-0.15, -0.1) is 0 Å². The number of aryl methyl sites for hydroxylation is 1. The Balaban J connectivity index is 2.25. The van der Waals surface area contributed by atoms with Crippen molar-refractivity contribution >= 4 is 11.9 Å². The Kier molecular flexibility index (Phi) is 3.89. The molecule has 1 N–H and O–H groups in total. The minimum atomic E-state index is -4.66. The summed E-state index contributed by atoms with van der Waals surface area (Å²) in [4.78, 5) is 28.0. The number of aromatic nitrogens is 1. The van der Waals surface area contributed by atoms with E-state index in [1.807, 2.05) is 0 Å². The number of carbonyl (C=O) groups excluding carboxylic acids is 1. The molecule has 114 valence electrons. The van der Waals surface area contributed by atoms with Gasteiger partial charge in [-0.2, -0.15) is 13.2 Å². The Morgan fingerprint density at radius 3 is 2.52 bits per heavy atom. The fourth-order valence-electron chi connectivity index (χ4n) is 2.41. The van der Waals surface area contributed by atoms with Gasteiger partial charge in [-0.3, -0.25) is 14.6 Å². The standard InChI is InChI=1S/C13H13F3N2O3/c1-7-3-2-4-17-10(7)11(19)18-5-8(12(20)21)9(6-18)13(14,15)16/h2-4,8-9H,5-6H2,1H3,(H,20,21)/t8-,9-/m1/s1. The molecule has 0 saturated carbocycles. The lowest BCUT2D eigenvalue weighted by Crippen LogP contribution is -2.34. The minimum Gasteiger partial charge on any atom is -0.481 e. The average molecular weight is 302 g/mol. The predicted molar refractivity (Wildman–Crippen MR) is 65.5 cm³/mol. The van der Waals surface area contributed by atoms with E-state index in [1.54, 1.807) is 19.1 Å². The van der Waals surface area contributed by atoms with Crippen LogP contribution < -0.4 is 0 Å². The Labute approximate surface area is 118 Å². The van der Waals surface area contributed by atoms with Crippen molar-refractivity contribution in [2.75, 3.05) is 13.1 Å². The Morgan fingerprint density at radius 1 is 1.38 bits per heavy atom. The van der Waals surface area contributed by atoms with Crippen molar-refractivity contribution in [1.29, 1.82) is 0 Å². The number of nitrogens with zero attached hydrogens (tertiary/aromatic N) is 2. The molecule has 1 saturated heterocycles. The van der Waals surface area contributed by atoms with Crippen molar-refractivity contribution in [3.05, 3.63) is 29.6 Å². The van der Waals surface area contributed by atoms with Crippen LogP contribution in [0, 0.1) is 18.8 Å². The van der Waals surface area contributed by atoms with Gasteiger partial charge in [-0.25, -0.2) is 0 Å². The van der Waals surface area contributed by atoms with Gasteiger partial charge < -0.3 is 10.0 Å². The van der Waals surface area contributed by atoms with E-state index in [-0.39, 0.29) is 5.69 Å². The van der Waals surface area contributed by atoms with Gasteiger partial charge in [-0.05, 0) is 18.6 Å². The number of rotatable bonds is 2. The molecule has 0 aromatic carbocycles. The van der Waals surface area contributed by atoms with Crippen LogP contribution in [-0.2, 0) is 4.79 Å². The number of carboxylic acid groups (broad SMARTS) is 1. The third kappa shape index (κ3) is 2.98. The lowest BCUT2D eigenvalue weighted by Gasteiger charge is -2.18. The maximum atomic E-state index is 12.9. The molecule has 2 heterocycles. The zero-order valence-electron chi connectivity index (χ0n) is 11.1. The second-order valence-corrected chi connectivity index (χ2v) is 4.97. The Morgan fingerprint density at radius 2 is 2.05 bits per heavy atom. The molecular weight excluding hydrogens is 289 g/mol. The number of aliphatic carboxylic acids is 1. The van der Waals surface area contributed by atoms with E-state index in [2.05, 4.69) is 4.98 Å². The Hall–Kier alpha value is -2.12. The molecule has 21 heavy (non-hydrogen) atoms. The van der Waals surface area contributed by atoms with Crippen LogP contribution >= 0.6 is 0 Å². The van der Waals surface area contributed by atoms with Crippen LogP contribution in [-0.4, -0.2) is 46.1 Å². The van der Waals surface area contributed by atoms with Gasteiger partial charge in [0.15, 0.2) is 0 Å². The van der Waals surface area contributed by atoms with E-state index in [4.69, 9.17) is 5.11 Å². The first-order valence-corrected chi connectivity index (χ1v) is 6.22. The highest BCUT2D eigenvalue weighted by molar-refractivity contribution is 5.94. The summed E-state index contributed by atoms with van der Waals surface area (Å²) in [5.41, 5.74) is 0.578. The molecule has 1 aliphatic heterocycles. The highest BCUT2D eigenvalue weighted by Crippen LogP contribution is 2.38. The number of hydrogen-bond acceptors (Lipinski definition) is 3. The van der Waals surface area contributed by atoms with Crippen LogP contribution in [0.4, 0.5) is 13.2 Å². The van der Waals surface area contributed by atoms with Crippen molar-refractivity contribution in [2.45, 2.75) is 13.1 Å². The molecule has 0 radical (unpaired) electrons. The maximum absolute atomic E-state index is 12.9. The van der Waals surface area contributed by atoms with Gasteiger partial charge >= 0.3 is 12.1 Å². The second-order valence-electron chi connectivity index (χ2n) is 4.97. The molecule has 1 aliphatic rings. The largest absolute Gasteiger partial charge is 0.481 e. The predicted octanol–water partition coefficient (Wildman–Crippen LogP) is 1.73. The number of carboxylic acids is 1. The molecule has 1 aromatic rings. The molecule has 1 fully saturated rings. The molecule has 2 rings (SSSR count). The third-order valence-corrected chi connectivity index (χ3v) is 3.56. The number of carbonyl (C=O) groups is 2. The average Bonchev–Trinajstić information content (AvgIpc) is 2.83. The van der Waals surface area contributed by atoms with Crippen molar-refractivity contribution in [3.8, 4) is 0 Å².